The van der Waals surface area contributed by atoms with Crippen LogP contribution in [0.5, 0.6) is 11.5 Å². The van der Waals surface area contributed by atoms with E-state index in [1.54, 1.807) is 24.4 Å². The first-order valence-corrected chi connectivity index (χ1v) is 9.82. The van der Waals surface area contributed by atoms with Crippen molar-refractivity contribution < 1.29 is 19.4 Å². The summed E-state index contributed by atoms with van der Waals surface area (Å²) in [6, 6.07) is 18.4. The molecule has 0 bridgehead atoms. The van der Waals surface area contributed by atoms with Crippen LogP contribution < -0.4 is 10.5 Å². The Morgan fingerprint density at radius 3 is 2.45 bits per heavy atom. The Labute approximate surface area is 179 Å². The van der Waals surface area contributed by atoms with Crippen molar-refractivity contribution in [2.45, 2.75) is 6.42 Å². The topological polar surface area (TPSA) is 106 Å². The minimum absolute atomic E-state index is 0.335. The van der Waals surface area contributed by atoms with Gasteiger partial charge in [0, 0.05) is 24.2 Å². The average Bonchev–Trinajstić information content (AvgIpc) is 2.80. The summed E-state index contributed by atoms with van der Waals surface area (Å²) in [7, 11) is 0. The van der Waals surface area contributed by atoms with Crippen LogP contribution in [0.3, 0.4) is 0 Å². The summed E-state index contributed by atoms with van der Waals surface area (Å²) < 4.78 is 5.78. The molecule has 0 saturated carbocycles. The Hall–Kier alpha value is -4.13. The van der Waals surface area contributed by atoms with E-state index in [0.29, 0.717) is 47.8 Å². The van der Waals surface area contributed by atoms with Crippen LogP contribution in [0.15, 0.2) is 72.9 Å². The normalized spacial score (nSPS) is 13.4. The lowest BCUT2D eigenvalue weighted by molar-refractivity contribution is 0.100. The zero-order chi connectivity index (χ0) is 21.8. The fraction of sp³-hybridized carbons (Fsp3) is 0.125. The summed E-state index contributed by atoms with van der Waals surface area (Å²) in [5.41, 5.74) is 9.12. The number of primary amides is 1. The largest absolute Gasteiger partial charge is 0.465 e. The van der Waals surface area contributed by atoms with Crippen molar-refractivity contribution in [2.75, 3.05) is 13.1 Å². The van der Waals surface area contributed by atoms with Crippen LogP contribution in [0.1, 0.15) is 22.3 Å². The first-order valence-electron chi connectivity index (χ1n) is 9.82. The Bertz CT molecular complexity index is 1140. The van der Waals surface area contributed by atoms with Crippen molar-refractivity contribution in [2.24, 2.45) is 5.73 Å². The van der Waals surface area contributed by atoms with E-state index >= 15 is 0 Å². The smallest absolute Gasteiger partial charge is 0.407 e. The van der Waals surface area contributed by atoms with Crippen LogP contribution >= 0.6 is 0 Å². The lowest BCUT2D eigenvalue weighted by Crippen LogP contribution is -2.33. The second-order valence-corrected chi connectivity index (χ2v) is 7.13. The molecule has 0 radical (unpaired) electrons. The minimum atomic E-state index is -0.929. The number of nitrogens with two attached hydrogens (primary N) is 1. The van der Waals surface area contributed by atoms with E-state index in [2.05, 4.69) is 4.98 Å². The molecule has 2 heterocycles. The summed E-state index contributed by atoms with van der Waals surface area (Å²) in [5, 5.41) is 9.13. The monoisotopic (exact) mass is 415 g/mol. The van der Waals surface area contributed by atoms with E-state index in [-0.39, 0.29) is 0 Å². The van der Waals surface area contributed by atoms with Gasteiger partial charge in [-0.25, -0.2) is 4.79 Å². The zero-order valence-corrected chi connectivity index (χ0v) is 16.7. The summed E-state index contributed by atoms with van der Waals surface area (Å²) in [4.78, 5) is 28.9. The lowest BCUT2D eigenvalue weighted by atomic mass is 9.94. The number of ether oxygens (including phenoxy) is 1. The maximum atomic E-state index is 12.0. The molecule has 0 saturated heterocycles. The second kappa shape index (κ2) is 8.71. The third kappa shape index (κ3) is 4.56. The molecule has 7 heteroatoms. The standard InChI is InChI=1S/C24H21N3O4/c25-23(28)20-8-6-17(16-10-12-27(13-11-16)24(29)30)14-21(20)22-9-7-19(15-26-22)31-18-4-2-1-3-5-18/h1-10,14-15H,11-13H2,(H2,25,28)(H,29,30). The number of para-hydroxylation sites is 1. The van der Waals surface area contributed by atoms with Gasteiger partial charge in [-0.3, -0.25) is 9.78 Å². The Morgan fingerprint density at radius 2 is 1.84 bits per heavy atom. The third-order valence-corrected chi connectivity index (χ3v) is 5.13. The van der Waals surface area contributed by atoms with Crippen LogP contribution in [-0.4, -0.2) is 40.1 Å². The molecule has 3 N–H and O–H groups in total. The average molecular weight is 415 g/mol. The summed E-state index contributed by atoms with van der Waals surface area (Å²) >= 11 is 0. The van der Waals surface area contributed by atoms with Gasteiger partial charge in [0.05, 0.1) is 11.9 Å². The predicted molar refractivity (Wildman–Crippen MR) is 117 cm³/mol. The molecule has 0 unspecified atom stereocenters. The highest BCUT2D eigenvalue weighted by molar-refractivity contribution is 6.00. The van der Waals surface area contributed by atoms with Crippen molar-refractivity contribution in [1.29, 1.82) is 0 Å². The maximum Gasteiger partial charge on any atom is 0.407 e. The SMILES string of the molecule is NC(=O)c1ccc(C2=CCN(C(=O)O)CC2)cc1-c1ccc(Oc2ccccc2)cn1. The number of carbonyl (C=O) groups is 2. The van der Waals surface area contributed by atoms with Gasteiger partial charge in [0.15, 0.2) is 0 Å². The Morgan fingerprint density at radius 1 is 1.03 bits per heavy atom. The van der Waals surface area contributed by atoms with Gasteiger partial charge in [-0.1, -0.05) is 30.3 Å². The van der Waals surface area contributed by atoms with Crippen molar-refractivity contribution in [3.63, 3.8) is 0 Å². The van der Waals surface area contributed by atoms with Crippen LogP contribution in [0.25, 0.3) is 16.8 Å². The van der Waals surface area contributed by atoms with E-state index in [9.17, 15) is 9.59 Å². The van der Waals surface area contributed by atoms with Crippen LogP contribution in [0.4, 0.5) is 4.79 Å². The van der Waals surface area contributed by atoms with Crippen molar-refractivity contribution in [3.05, 3.63) is 84.1 Å². The molecule has 2 aromatic carbocycles. The molecule has 3 aromatic rings. The summed E-state index contributed by atoms with van der Waals surface area (Å²) in [6.45, 7) is 0.763. The van der Waals surface area contributed by atoms with Crippen molar-refractivity contribution in [1.82, 2.24) is 9.88 Å². The number of rotatable bonds is 5. The fourth-order valence-electron chi connectivity index (χ4n) is 3.50. The highest BCUT2D eigenvalue weighted by atomic mass is 16.5. The fourth-order valence-corrected chi connectivity index (χ4v) is 3.50. The van der Waals surface area contributed by atoms with E-state index in [1.807, 2.05) is 48.5 Å². The molecule has 7 nitrogen and oxygen atoms in total. The number of carboxylic acid groups (broad SMARTS) is 1. The lowest BCUT2D eigenvalue weighted by Gasteiger charge is -2.24. The molecule has 0 aliphatic carbocycles. The molecule has 2 amide bonds. The molecule has 1 aliphatic heterocycles. The molecule has 156 valence electrons. The maximum absolute atomic E-state index is 12.0. The van der Waals surface area contributed by atoms with Crippen molar-refractivity contribution >= 4 is 17.6 Å². The van der Waals surface area contributed by atoms with Gasteiger partial charge >= 0.3 is 6.09 Å². The van der Waals surface area contributed by atoms with Gasteiger partial charge in [0.25, 0.3) is 0 Å². The van der Waals surface area contributed by atoms with Gasteiger partial charge in [-0.05, 0) is 54.0 Å². The molecular formula is C24H21N3O4. The molecule has 4 rings (SSSR count). The molecule has 1 aliphatic rings. The number of carbonyl (C=O) groups excluding carboxylic acids is 1. The zero-order valence-electron chi connectivity index (χ0n) is 16.7. The van der Waals surface area contributed by atoms with Gasteiger partial charge < -0.3 is 20.5 Å². The number of amides is 2. The third-order valence-electron chi connectivity index (χ3n) is 5.13. The molecule has 0 atom stereocenters. The van der Waals surface area contributed by atoms with Gasteiger partial charge in [-0.15, -0.1) is 0 Å². The second-order valence-electron chi connectivity index (χ2n) is 7.13. The van der Waals surface area contributed by atoms with Crippen LogP contribution in [-0.2, 0) is 0 Å². The van der Waals surface area contributed by atoms with E-state index in [0.717, 1.165) is 11.1 Å². The van der Waals surface area contributed by atoms with E-state index < -0.39 is 12.0 Å². The summed E-state index contributed by atoms with van der Waals surface area (Å²) in [6.07, 6.45) is 3.16. The molecule has 0 fully saturated rings. The van der Waals surface area contributed by atoms with Gasteiger partial charge in [0.1, 0.15) is 11.5 Å². The first-order chi connectivity index (χ1) is 15.0. The number of benzene rings is 2. The number of nitrogens with zero attached hydrogens (tertiary/aromatic N) is 2. The first kappa shape index (κ1) is 20.2. The molecular weight excluding hydrogens is 394 g/mol. The molecule has 1 aromatic heterocycles. The Balaban J connectivity index is 1.63. The van der Waals surface area contributed by atoms with E-state index in [4.69, 9.17) is 15.6 Å². The number of aromatic nitrogens is 1. The highest BCUT2D eigenvalue weighted by Crippen LogP contribution is 2.30. The minimum Gasteiger partial charge on any atom is -0.465 e. The van der Waals surface area contributed by atoms with Gasteiger partial charge in [-0.2, -0.15) is 0 Å². The molecule has 0 spiro atoms. The van der Waals surface area contributed by atoms with E-state index in [1.165, 1.54) is 4.90 Å². The highest BCUT2D eigenvalue weighted by Gasteiger charge is 2.19. The van der Waals surface area contributed by atoms with Crippen molar-refractivity contribution in [3.8, 4) is 22.8 Å². The number of hydrogen-bond acceptors (Lipinski definition) is 4. The Kier molecular flexibility index (Phi) is 5.66. The van der Waals surface area contributed by atoms with Crippen LogP contribution in [0, 0.1) is 0 Å². The number of pyridine rings is 1. The molecule has 31 heavy (non-hydrogen) atoms. The predicted octanol–water partition coefficient (Wildman–Crippen LogP) is 4.41. The quantitative estimate of drug-likeness (QED) is 0.642. The van der Waals surface area contributed by atoms with Crippen LogP contribution in [0.2, 0.25) is 0 Å². The number of hydrogen-bond donors (Lipinski definition) is 2. The summed E-state index contributed by atoms with van der Waals surface area (Å²) in [5.74, 6) is 0.745. The van der Waals surface area contributed by atoms with Gasteiger partial charge in [0.2, 0.25) is 5.91 Å².